The summed E-state index contributed by atoms with van der Waals surface area (Å²) in [7, 11) is 1.77. The van der Waals surface area contributed by atoms with Gasteiger partial charge in [-0.25, -0.2) is 4.39 Å². The summed E-state index contributed by atoms with van der Waals surface area (Å²) in [5.74, 6) is -0.500. The molecule has 0 saturated carbocycles. The van der Waals surface area contributed by atoms with E-state index in [4.69, 9.17) is 0 Å². The predicted molar refractivity (Wildman–Crippen MR) is 107 cm³/mol. The minimum Gasteiger partial charge on any atom is -0.370 e. The van der Waals surface area contributed by atoms with E-state index in [1.165, 1.54) is 12.1 Å². The summed E-state index contributed by atoms with van der Waals surface area (Å²) in [5.41, 5.74) is 0.387. The van der Waals surface area contributed by atoms with E-state index in [1.54, 1.807) is 25.2 Å². The van der Waals surface area contributed by atoms with Gasteiger partial charge >= 0.3 is 6.18 Å². The second-order valence-corrected chi connectivity index (χ2v) is 7.95. The standard InChI is InChI=1S/C22H25F4N3/c1-3-21-9-11-27-10-8-19(21)29(2)20-15(21)12-14(13-16(20)22(24,25)26)28-18-7-5-4-6-17(18)23/h4-7,12-13,19,27-28H,3,8-11H2,1-2H3/t19-,21-/m0/s1. The van der Waals surface area contributed by atoms with Crippen molar-refractivity contribution in [2.45, 2.75) is 43.8 Å². The first-order chi connectivity index (χ1) is 13.8. The molecule has 0 aliphatic carbocycles. The number of halogens is 4. The zero-order valence-corrected chi connectivity index (χ0v) is 16.5. The number of nitrogens with one attached hydrogen (secondary N) is 2. The molecule has 0 bridgehead atoms. The van der Waals surface area contributed by atoms with Crippen molar-refractivity contribution in [2.24, 2.45) is 0 Å². The molecule has 0 unspecified atom stereocenters. The largest absolute Gasteiger partial charge is 0.418 e. The number of rotatable bonds is 3. The van der Waals surface area contributed by atoms with Crippen LogP contribution in [-0.2, 0) is 11.6 Å². The lowest BCUT2D eigenvalue weighted by Crippen LogP contribution is -2.43. The summed E-state index contributed by atoms with van der Waals surface area (Å²) in [6.07, 6.45) is -2.20. The number of anilines is 3. The van der Waals surface area contributed by atoms with Gasteiger partial charge in [-0.15, -0.1) is 0 Å². The molecule has 156 valence electrons. The average molecular weight is 407 g/mol. The van der Waals surface area contributed by atoms with Crippen LogP contribution in [0.4, 0.5) is 34.6 Å². The summed E-state index contributed by atoms with van der Waals surface area (Å²) >= 11 is 0. The molecule has 2 atom stereocenters. The first-order valence-electron chi connectivity index (χ1n) is 9.99. The Morgan fingerprint density at radius 1 is 1.21 bits per heavy atom. The van der Waals surface area contributed by atoms with Crippen LogP contribution in [0.5, 0.6) is 0 Å². The molecule has 1 fully saturated rings. The molecule has 0 amide bonds. The van der Waals surface area contributed by atoms with E-state index in [2.05, 4.69) is 10.6 Å². The van der Waals surface area contributed by atoms with Gasteiger partial charge in [0.2, 0.25) is 0 Å². The maximum absolute atomic E-state index is 14.1. The van der Waals surface area contributed by atoms with E-state index in [9.17, 15) is 17.6 Å². The Balaban J connectivity index is 1.90. The van der Waals surface area contributed by atoms with Crippen LogP contribution in [0.3, 0.4) is 0 Å². The number of para-hydroxylation sites is 1. The Labute approximate surface area is 168 Å². The highest BCUT2D eigenvalue weighted by atomic mass is 19.4. The first-order valence-corrected chi connectivity index (χ1v) is 9.99. The second kappa shape index (κ2) is 7.20. The maximum atomic E-state index is 14.1. The van der Waals surface area contributed by atoms with Crippen molar-refractivity contribution in [3.8, 4) is 0 Å². The minimum atomic E-state index is -4.50. The highest BCUT2D eigenvalue weighted by Crippen LogP contribution is 2.55. The molecular formula is C22H25F4N3. The number of benzene rings is 2. The Bertz CT molecular complexity index is 911. The third-order valence-corrected chi connectivity index (χ3v) is 6.54. The molecule has 0 spiro atoms. The summed E-state index contributed by atoms with van der Waals surface area (Å²) in [4.78, 5) is 1.82. The van der Waals surface area contributed by atoms with E-state index in [1.807, 2.05) is 11.8 Å². The quantitative estimate of drug-likeness (QED) is 0.664. The zero-order valence-electron chi connectivity index (χ0n) is 16.5. The van der Waals surface area contributed by atoms with Crippen molar-refractivity contribution >= 4 is 17.1 Å². The molecule has 7 heteroatoms. The van der Waals surface area contributed by atoms with Crippen LogP contribution in [0.2, 0.25) is 0 Å². The minimum absolute atomic E-state index is 0.00214. The van der Waals surface area contributed by atoms with Crippen molar-refractivity contribution in [1.29, 1.82) is 0 Å². The molecule has 3 nitrogen and oxygen atoms in total. The molecule has 2 aliphatic rings. The number of likely N-dealkylation sites (N-methyl/N-ethyl adjacent to an activating group) is 1. The number of alkyl halides is 3. The third kappa shape index (κ3) is 3.25. The summed E-state index contributed by atoms with van der Waals surface area (Å²) in [5, 5.41) is 6.25. The summed E-state index contributed by atoms with van der Waals surface area (Å²) < 4.78 is 56.3. The van der Waals surface area contributed by atoms with Crippen molar-refractivity contribution in [2.75, 3.05) is 30.4 Å². The van der Waals surface area contributed by atoms with Crippen molar-refractivity contribution < 1.29 is 17.6 Å². The lowest BCUT2D eigenvalue weighted by atomic mass is 9.71. The lowest BCUT2D eigenvalue weighted by Gasteiger charge is -2.36. The summed E-state index contributed by atoms with van der Waals surface area (Å²) in [6, 6.07) is 8.91. The smallest absolute Gasteiger partial charge is 0.370 e. The van der Waals surface area contributed by atoms with Crippen LogP contribution in [-0.4, -0.2) is 26.2 Å². The van der Waals surface area contributed by atoms with Crippen molar-refractivity contribution in [1.82, 2.24) is 5.32 Å². The molecule has 2 aliphatic heterocycles. The molecule has 4 rings (SSSR count). The predicted octanol–water partition coefficient (Wildman–Crippen LogP) is 5.44. The Kier molecular flexibility index (Phi) is 4.97. The van der Waals surface area contributed by atoms with Crippen LogP contribution in [0.15, 0.2) is 36.4 Å². The molecule has 2 N–H and O–H groups in total. The fourth-order valence-electron chi connectivity index (χ4n) is 5.16. The van der Waals surface area contributed by atoms with Gasteiger partial charge in [0, 0.05) is 24.2 Å². The van der Waals surface area contributed by atoms with Crippen LogP contribution in [0.1, 0.15) is 37.3 Å². The number of hydrogen-bond acceptors (Lipinski definition) is 3. The topological polar surface area (TPSA) is 27.3 Å². The fourth-order valence-corrected chi connectivity index (χ4v) is 5.16. The van der Waals surface area contributed by atoms with Gasteiger partial charge in [-0.3, -0.25) is 0 Å². The SMILES string of the molecule is CC[C@@]12CCNCC[C@@H]1N(C)c1c(C(F)(F)F)cc(Nc3ccccc3F)cc12. The highest BCUT2D eigenvalue weighted by Gasteiger charge is 2.52. The van der Waals surface area contributed by atoms with Crippen LogP contribution in [0, 0.1) is 5.82 Å². The Morgan fingerprint density at radius 3 is 2.66 bits per heavy atom. The number of fused-ring (bicyclic) bond motifs is 3. The summed E-state index contributed by atoms with van der Waals surface area (Å²) in [6.45, 7) is 3.60. The Morgan fingerprint density at radius 2 is 1.97 bits per heavy atom. The van der Waals surface area contributed by atoms with Crippen molar-refractivity contribution in [3.63, 3.8) is 0 Å². The van der Waals surface area contributed by atoms with Gasteiger partial charge in [-0.05, 0) is 62.2 Å². The molecule has 0 aromatic heterocycles. The normalized spacial score (nSPS) is 24.1. The van der Waals surface area contributed by atoms with Crippen LogP contribution >= 0.6 is 0 Å². The number of nitrogens with zero attached hydrogens (tertiary/aromatic N) is 1. The molecule has 2 aromatic carbocycles. The third-order valence-electron chi connectivity index (χ3n) is 6.54. The van der Waals surface area contributed by atoms with Crippen LogP contribution in [0.25, 0.3) is 0 Å². The van der Waals surface area contributed by atoms with Crippen LogP contribution < -0.4 is 15.5 Å². The Hall–Kier alpha value is -2.28. The highest BCUT2D eigenvalue weighted by molar-refractivity contribution is 5.76. The van der Waals surface area contributed by atoms with E-state index in [0.29, 0.717) is 5.56 Å². The molecule has 2 heterocycles. The van der Waals surface area contributed by atoms with E-state index in [0.717, 1.165) is 38.4 Å². The fraction of sp³-hybridized carbons (Fsp3) is 0.455. The number of hydrogen-bond donors (Lipinski definition) is 2. The van der Waals surface area contributed by atoms with Gasteiger partial charge in [0.05, 0.1) is 16.9 Å². The molecule has 29 heavy (non-hydrogen) atoms. The van der Waals surface area contributed by atoms with Gasteiger partial charge in [0.15, 0.2) is 0 Å². The van der Waals surface area contributed by atoms with Crippen molar-refractivity contribution in [3.05, 3.63) is 53.3 Å². The average Bonchev–Trinajstić information content (AvgIpc) is 2.82. The van der Waals surface area contributed by atoms with Gasteiger partial charge < -0.3 is 15.5 Å². The van der Waals surface area contributed by atoms with Gasteiger partial charge in [-0.1, -0.05) is 19.1 Å². The van der Waals surface area contributed by atoms with Gasteiger partial charge in [-0.2, -0.15) is 13.2 Å². The molecule has 0 radical (unpaired) electrons. The van der Waals surface area contributed by atoms with E-state index >= 15 is 0 Å². The second-order valence-electron chi connectivity index (χ2n) is 7.95. The molecule has 1 saturated heterocycles. The van der Waals surface area contributed by atoms with E-state index < -0.39 is 17.6 Å². The zero-order chi connectivity index (χ0) is 20.8. The monoisotopic (exact) mass is 407 g/mol. The maximum Gasteiger partial charge on any atom is 0.418 e. The molecular weight excluding hydrogens is 382 g/mol. The van der Waals surface area contributed by atoms with Gasteiger partial charge in [0.25, 0.3) is 0 Å². The first kappa shape index (κ1) is 20.0. The molecule has 2 aromatic rings. The van der Waals surface area contributed by atoms with E-state index in [-0.39, 0.29) is 28.5 Å². The van der Waals surface area contributed by atoms with Gasteiger partial charge in [0.1, 0.15) is 5.82 Å². The lowest BCUT2D eigenvalue weighted by molar-refractivity contribution is -0.137.